The summed E-state index contributed by atoms with van der Waals surface area (Å²) in [5.41, 5.74) is 0. The molecule has 1 aliphatic heterocycles. The van der Waals surface area contributed by atoms with E-state index >= 15 is 0 Å². The summed E-state index contributed by atoms with van der Waals surface area (Å²) < 4.78 is 4.93. The number of allylic oxidation sites excluding steroid dienone is 2. The molecule has 0 spiro atoms. The maximum Gasteiger partial charge on any atom is 0.311 e. The molecule has 0 amide bonds. The molecule has 0 unspecified atom stereocenters. The van der Waals surface area contributed by atoms with E-state index in [1.165, 1.54) is 0 Å². The molecule has 0 N–H and O–H groups in total. The number of rotatable bonds is 1. The monoisotopic (exact) mass is 140 g/mol. The molecule has 0 fully saturated rings. The molecule has 0 radical (unpaired) electrons. The molecule has 2 heteroatoms. The number of esters is 1. The fourth-order valence-electron chi connectivity index (χ4n) is 1.05. The van der Waals surface area contributed by atoms with E-state index in [9.17, 15) is 4.79 Å². The van der Waals surface area contributed by atoms with Crippen LogP contribution in [0.4, 0.5) is 0 Å². The Hall–Kier alpha value is -0.790. The SMILES string of the molecule is CCC1=C[C@H](C)CC(=O)O1. The van der Waals surface area contributed by atoms with Gasteiger partial charge in [-0.15, -0.1) is 0 Å². The van der Waals surface area contributed by atoms with E-state index in [0.29, 0.717) is 12.3 Å². The molecule has 1 heterocycles. The molecular weight excluding hydrogens is 128 g/mol. The molecule has 0 bridgehead atoms. The molecule has 1 rings (SSSR count). The van der Waals surface area contributed by atoms with E-state index < -0.39 is 0 Å². The first kappa shape index (κ1) is 7.32. The minimum absolute atomic E-state index is 0.0909. The van der Waals surface area contributed by atoms with Crippen LogP contribution in [0, 0.1) is 5.92 Å². The predicted molar refractivity (Wildman–Crippen MR) is 38.2 cm³/mol. The van der Waals surface area contributed by atoms with Gasteiger partial charge in [0.15, 0.2) is 0 Å². The van der Waals surface area contributed by atoms with E-state index in [1.807, 2.05) is 19.9 Å². The third-order valence-electron chi connectivity index (χ3n) is 1.55. The Labute approximate surface area is 60.9 Å². The van der Waals surface area contributed by atoms with E-state index in [-0.39, 0.29) is 5.97 Å². The summed E-state index contributed by atoms with van der Waals surface area (Å²) in [6.07, 6.45) is 3.36. The molecular formula is C8H12O2. The standard InChI is InChI=1S/C8H12O2/c1-3-7-4-6(2)5-8(9)10-7/h4,6H,3,5H2,1-2H3/t6-/m0/s1. The number of hydrogen-bond acceptors (Lipinski definition) is 2. The van der Waals surface area contributed by atoms with Crippen molar-refractivity contribution in [1.29, 1.82) is 0 Å². The van der Waals surface area contributed by atoms with Crippen molar-refractivity contribution in [3.05, 3.63) is 11.8 Å². The quantitative estimate of drug-likeness (QED) is 0.520. The van der Waals surface area contributed by atoms with Crippen molar-refractivity contribution < 1.29 is 9.53 Å². The fraction of sp³-hybridized carbons (Fsp3) is 0.625. The first-order chi connectivity index (χ1) is 4.72. The van der Waals surface area contributed by atoms with Gasteiger partial charge < -0.3 is 4.74 Å². The third-order valence-corrected chi connectivity index (χ3v) is 1.55. The van der Waals surface area contributed by atoms with Gasteiger partial charge >= 0.3 is 5.97 Å². The van der Waals surface area contributed by atoms with E-state index in [1.54, 1.807) is 0 Å². The lowest BCUT2D eigenvalue weighted by Gasteiger charge is -2.15. The van der Waals surface area contributed by atoms with Crippen molar-refractivity contribution in [1.82, 2.24) is 0 Å². The lowest BCUT2D eigenvalue weighted by Crippen LogP contribution is -2.14. The van der Waals surface area contributed by atoms with Gasteiger partial charge in [0.05, 0.1) is 6.42 Å². The van der Waals surface area contributed by atoms with Crippen LogP contribution in [0.3, 0.4) is 0 Å². The highest BCUT2D eigenvalue weighted by Crippen LogP contribution is 2.18. The molecule has 1 aliphatic rings. The second-order valence-electron chi connectivity index (χ2n) is 2.64. The maximum atomic E-state index is 10.8. The summed E-state index contributed by atoms with van der Waals surface area (Å²) >= 11 is 0. The molecule has 56 valence electrons. The number of hydrogen-bond donors (Lipinski definition) is 0. The summed E-state index contributed by atoms with van der Waals surface area (Å²) in [5.74, 6) is 1.09. The van der Waals surface area contributed by atoms with Gasteiger partial charge in [-0.2, -0.15) is 0 Å². The Morgan fingerprint density at radius 3 is 3.00 bits per heavy atom. The zero-order chi connectivity index (χ0) is 7.56. The highest BCUT2D eigenvalue weighted by Gasteiger charge is 2.16. The van der Waals surface area contributed by atoms with Crippen LogP contribution in [0.15, 0.2) is 11.8 Å². The van der Waals surface area contributed by atoms with Gasteiger partial charge in [0.25, 0.3) is 0 Å². The van der Waals surface area contributed by atoms with Crippen LogP contribution in [0.5, 0.6) is 0 Å². The van der Waals surface area contributed by atoms with E-state index in [2.05, 4.69) is 0 Å². The molecule has 2 nitrogen and oxygen atoms in total. The Kier molecular flexibility index (Phi) is 2.10. The second-order valence-corrected chi connectivity index (χ2v) is 2.64. The van der Waals surface area contributed by atoms with Gasteiger partial charge in [-0.3, -0.25) is 4.79 Å². The van der Waals surface area contributed by atoms with Crippen LogP contribution < -0.4 is 0 Å². The predicted octanol–water partition coefficient (Wildman–Crippen LogP) is 1.86. The van der Waals surface area contributed by atoms with Gasteiger partial charge in [-0.1, -0.05) is 13.8 Å². The minimum Gasteiger partial charge on any atom is -0.431 e. The lowest BCUT2D eigenvalue weighted by atomic mass is 10.0. The van der Waals surface area contributed by atoms with Crippen molar-refractivity contribution in [2.75, 3.05) is 0 Å². The summed E-state index contributed by atoms with van der Waals surface area (Å²) in [4.78, 5) is 10.8. The van der Waals surface area contributed by atoms with Crippen LogP contribution in [0.1, 0.15) is 26.7 Å². The molecule has 10 heavy (non-hydrogen) atoms. The minimum atomic E-state index is -0.0909. The third kappa shape index (κ3) is 1.59. The van der Waals surface area contributed by atoms with Gasteiger partial charge in [0.2, 0.25) is 0 Å². The van der Waals surface area contributed by atoms with Crippen molar-refractivity contribution in [2.24, 2.45) is 5.92 Å². The van der Waals surface area contributed by atoms with Crippen LogP contribution in [-0.4, -0.2) is 5.97 Å². The Morgan fingerprint density at radius 1 is 1.80 bits per heavy atom. The maximum absolute atomic E-state index is 10.8. The van der Waals surface area contributed by atoms with Crippen LogP contribution >= 0.6 is 0 Å². The first-order valence-corrected chi connectivity index (χ1v) is 3.63. The van der Waals surface area contributed by atoms with Crippen LogP contribution in [0.2, 0.25) is 0 Å². The van der Waals surface area contributed by atoms with Crippen molar-refractivity contribution in [3.8, 4) is 0 Å². The molecule has 0 aromatic heterocycles. The zero-order valence-electron chi connectivity index (χ0n) is 6.39. The summed E-state index contributed by atoms with van der Waals surface area (Å²) in [6, 6.07) is 0. The molecule has 0 aliphatic carbocycles. The summed E-state index contributed by atoms with van der Waals surface area (Å²) in [6.45, 7) is 4.01. The highest BCUT2D eigenvalue weighted by molar-refractivity contribution is 5.72. The number of ether oxygens (including phenoxy) is 1. The van der Waals surface area contributed by atoms with Gasteiger partial charge in [-0.05, 0) is 12.0 Å². The number of carbonyl (C=O) groups excluding carboxylic acids is 1. The van der Waals surface area contributed by atoms with Crippen molar-refractivity contribution >= 4 is 5.97 Å². The first-order valence-electron chi connectivity index (χ1n) is 3.63. The molecule has 0 aromatic rings. The summed E-state index contributed by atoms with van der Waals surface area (Å²) in [5, 5.41) is 0. The zero-order valence-corrected chi connectivity index (χ0v) is 6.39. The molecule has 0 saturated carbocycles. The molecule has 0 saturated heterocycles. The van der Waals surface area contributed by atoms with Crippen LogP contribution in [0.25, 0.3) is 0 Å². The average Bonchev–Trinajstić information content (AvgIpc) is 1.85. The second kappa shape index (κ2) is 2.86. The Balaban J connectivity index is 2.65. The van der Waals surface area contributed by atoms with E-state index in [0.717, 1.165) is 12.2 Å². The molecule has 1 atom stereocenters. The van der Waals surface area contributed by atoms with Crippen molar-refractivity contribution in [3.63, 3.8) is 0 Å². The topological polar surface area (TPSA) is 26.3 Å². The van der Waals surface area contributed by atoms with Crippen molar-refractivity contribution in [2.45, 2.75) is 26.7 Å². The largest absolute Gasteiger partial charge is 0.431 e. The number of carbonyl (C=O) groups is 1. The normalized spacial score (nSPS) is 25.6. The fourth-order valence-corrected chi connectivity index (χ4v) is 1.05. The Morgan fingerprint density at radius 2 is 2.50 bits per heavy atom. The average molecular weight is 140 g/mol. The molecule has 0 aromatic carbocycles. The van der Waals surface area contributed by atoms with Gasteiger partial charge in [-0.25, -0.2) is 0 Å². The number of cyclic esters (lactones) is 1. The highest BCUT2D eigenvalue weighted by atomic mass is 16.5. The van der Waals surface area contributed by atoms with Crippen LogP contribution in [-0.2, 0) is 9.53 Å². The Bertz CT molecular complexity index is 170. The lowest BCUT2D eigenvalue weighted by molar-refractivity contribution is -0.141. The summed E-state index contributed by atoms with van der Waals surface area (Å²) in [7, 11) is 0. The van der Waals surface area contributed by atoms with Gasteiger partial charge in [0, 0.05) is 6.42 Å². The van der Waals surface area contributed by atoms with Gasteiger partial charge in [0.1, 0.15) is 5.76 Å². The van der Waals surface area contributed by atoms with E-state index in [4.69, 9.17) is 4.74 Å². The smallest absolute Gasteiger partial charge is 0.311 e.